The third-order valence-electron chi connectivity index (χ3n) is 5.81. The predicted molar refractivity (Wildman–Crippen MR) is 137 cm³/mol. The summed E-state index contributed by atoms with van der Waals surface area (Å²) in [6.07, 6.45) is 7.63. The Kier molecular flexibility index (Phi) is 10.0. The van der Waals surface area contributed by atoms with Crippen molar-refractivity contribution in [3.63, 3.8) is 0 Å². The number of nitrogens with one attached hydrogen (secondary N) is 1. The smallest absolute Gasteiger partial charge is 0.220 e. The van der Waals surface area contributed by atoms with Crippen LogP contribution in [-0.2, 0) is 17.1 Å². The molecule has 3 rings (SSSR count). The third-order valence-corrected chi connectivity index (χ3v) is 6.79. The average molecular weight is 465 g/mol. The Bertz CT molecular complexity index is 1010. The Labute approximate surface area is 202 Å². The van der Waals surface area contributed by atoms with Crippen molar-refractivity contribution in [1.29, 1.82) is 0 Å². The van der Waals surface area contributed by atoms with Crippen LogP contribution in [0.1, 0.15) is 74.4 Å². The van der Waals surface area contributed by atoms with E-state index in [-0.39, 0.29) is 5.91 Å². The van der Waals surface area contributed by atoms with Gasteiger partial charge in [-0.05, 0) is 43.5 Å². The Morgan fingerprint density at radius 3 is 2.42 bits per heavy atom. The number of nitrogens with zero attached hydrogens (tertiary/aromatic N) is 3. The summed E-state index contributed by atoms with van der Waals surface area (Å²) >= 11 is 1.67. The van der Waals surface area contributed by atoms with E-state index in [1.807, 2.05) is 0 Å². The molecule has 5 nitrogen and oxygen atoms in total. The summed E-state index contributed by atoms with van der Waals surface area (Å²) in [7, 11) is 0. The van der Waals surface area contributed by atoms with Crippen LogP contribution in [0.5, 0.6) is 0 Å². The van der Waals surface area contributed by atoms with Gasteiger partial charge < -0.3 is 5.32 Å². The molecule has 0 atom stereocenters. The minimum atomic E-state index is 0.0815. The van der Waals surface area contributed by atoms with Crippen LogP contribution in [0.2, 0.25) is 0 Å². The number of carbonyl (C=O) groups is 1. The molecule has 1 heterocycles. The van der Waals surface area contributed by atoms with Crippen molar-refractivity contribution in [3.8, 4) is 5.69 Å². The number of aryl methyl sites for hydroxylation is 2. The first kappa shape index (κ1) is 25.0. The van der Waals surface area contributed by atoms with Gasteiger partial charge in [0, 0.05) is 17.9 Å². The van der Waals surface area contributed by atoms with Crippen molar-refractivity contribution in [2.24, 2.45) is 0 Å². The molecule has 0 fully saturated rings. The van der Waals surface area contributed by atoms with Gasteiger partial charge >= 0.3 is 0 Å². The Morgan fingerprint density at radius 2 is 1.67 bits per heavy atom. The Balaban J connectivity index is 1.65. The first-order valence-electron chi connectivity index (χ1n) is 12.0. The quantitative estimate of drug-likeness (QED) is 0.230. The van der Waals surface area contributed by atoms with E-state index in [1.165, 1.54) is 42.4 Å². The number of thioether (sulfide) groups is 1. The first-order chi connectivity index (χ1) is 16.1. The standard InChI is InChI=1S/C27H36N4OS/c1-4-5-6-7-8-9-14-26(32)28-19-25-29-30-27(31(25)24-17-15-21(2)16-18-24)33-20-23-13-11-10-12-22(23)3/h10-13,15-18H,4-9,14,19-20H2,1-3H3,(H,28,32). The fourth-order valence-corrected chi connectivity index (χ4v) is 4.75. The molecular formula is C27H36N4OS. The molecule has 0 bridgehead atoms. The Hall–Kier alpha value is -2.60. The maximum absolute atomic E-state index is 12.4. The average Bonchev–Trinajstić information content (AvgIpc) is 3.22. The summed E-state index contributed by atoms with van der Waals surface area (Å²) in [5, 5.41) is 12.8. The van der Waals surface area contributed by atoms with Gasteiger partial charge in [0.2, 0.25) is 5.91 Å². The van der Waals surface area contributed by atoms with Crippen molar-refractivity contribution in [3.05, 3.63) is 71.0 Å². The molecule has 3 aromatic rings. The molecule has 0 aliphatic carbocycles. The number of rotatable bonds is 13. The minimum absolute atomic E-state index is 0.0815. The van der Waals surface area contributed by atoms with E-state index in [2.05, 4.69) is 89.4 Å². The summed E-state index contributed by atoms with van der Waals surface area (Å²) in [5.74, 6) is 1.65. The van der Waals surface area contributed by atoms with E-state index < -0.39 is 0 Å². The van der Waals surface area contributed by atoms with E-state index in [0.29, 0.717) is 13.0 Å². The second kappa shape index (κ2) is 13.2. The molecule has 0 unspecified atom stereocenters. The van der Waals surface area contributed by atoms with Crippen LogP contribution in [0.4, 0.5) is 0 Å². The van der Waals surface area contributed by atoms with Gasteiger partial charge in [0.05, 0.1) is 6.54 Å². The van der Waals surface area contributed by atoms with Gasteiger partial charge in [-0.2, -0.15) is 0 Å². The largest absolute Gasteiger partial charge is 0.349 e. The third kappa shape index (κ3) is 7.74. The monoisotopic (exact) mass is 464 g/mol. The van der Waals surface area contributed by atoms with Crippen LogP contribution in [0.15, 0.2) is 53.7 Å². The topological polar surface area (TPSA) is 59.8 Å². The number of benzene rings is 2. The fraction of sp³-hybridized carbons (Fsp3) is 0.444. The molecule has 2 aromatic carbocycles. The van der Waals surface area contributed by atoms with E-state index >= 15 is 0 Å². The van der Waals surface area contributed by atoms with Gasteiger partial charge in [-0.15, -0.1) is 10.2 Å². The molecule has 33 heavy (non-hydrogen) atoms. The highest BCUT2D eigenvalue weighted by molar-refractivity contribution is 7.98. The zero-order valence-corrected chi connectivity index (χ0v) is 21.0. The van der Waals surface area contributed by atoms with Gasteiger partial charge in [-0.3, -0.25) is 9.36 Å². The molecule has 0 radical (unpaired) electrons. The van der Waals surface area contributed by atoms with Gasteiger partial charge in [0.1, 0.15) is 0 Å². The van der Waals surface area contributed by atoms with Crippen LogP contribution in [0.25, 0.3) is 5.69 Å². The lowest BCUT2D eigenvalue weighted by Gasteiger charge is -2.12. The van der Waals surface area contributed by atoms with Crippen molar-refractivity contribution in [2.45, 2.75) is 83.2 Å². The molecule has 0 saturated heterocycles. The number of aromatic nitrogens is 3. The van der Waals surface area contributed by atoms with Crippen LogP contribution >= 0.6 is 11.8 Å². The molecule has 1 aromatic heterocycles. The molecule has 0 aliphatic rings. The van der Waals surface area contributed by atoms with E-state index in [1.54, 1.807) is 11.8 Å². The molecule has 176 valence electrons. The maximum atomic E-state index is 12.4. The normalized spacial score (nSPS) is 11.0. The molecule has 0 aliphatic heterocycles. The summed E-state index contributed by atoms with van der Waals surface area (Å²) in [5.41, 5.74) is 4.77. The van der Waals surface area contributed by atoms with Gasteiger partial charge in [0.15, 0.2) is 11.0 Å². The van der Waals surface area contributed by atoms with Crippen LogP contribution in [-0.4, -0.2) is 20.7 Å². The van der Waals surface area contributed by atoms with Gasteiger partial charge in [0.25, 0.3) is 0 Å². The second-order valence-electron chi connectivity index (χ2n) is 8.58. The van der Waals surface area contributed by atoms with Crippen molar-refractivity contribution in [1.82, 2.24) is 20.1 Å². The minimum Gasteiger partial charge on any atom is -0.349 e. The number of amides is 1. The van der Waals surface area contributed by atoms with Crippen LogP contribution in [0, 0.1) is 13.8 Å². The SMILES string of the molecule is CCCCCCCCC(=O)NCc1nnc(SCc2ccccc2C)n1-c1ccc(C)cc1. The molecule has 1 N–H and O–H groups in total. The second-order valence-corrected chi connectivity index (χ2v) is 9.52. The van der Waals surface area contributed by atoms with Crippen molar-refractivity contribution < 1.29 is 4.79 Å². The summed E-state index contributed by atoms with van der Waals surface area (Å²) in [6.45, 7) is 6.80. The highest BCUT2D eigenvalue weighted by atomic mass is 32.2. The lowest BCUT2D eigenvalue weighted by Crippen LogP contribution is -2.24. The lowest BCUT2D eigenvalue weighted by atomic mass is 10.1. The first-order valence-corrected chi connectivity index (χ1v) is 13.0. The predicted octanol–water partition coefficient (Wildman–Crippen LogP) is 6.54. The summed E-state index contributed by atoms with van der Waals surface area (Å²) < 4.78 is 2.06. The zero-order valence-electron chi connectivity index (χ0n) is 20.1. The molecule has 6 heteroatoms. The van der Waals surface area contributed by atoms with Crippen molar-refractivity contribution >= 4 is 17.7 Å². The van der Waals surface area contributed by atoms with Crippen LogP contribution < -0.4 is 5.32 Å². The summed E-state index contributed by atoms with van der Waals surface area (Å²) in [4.78, 5) is 12.4. The number of carbonyl (C=O) groups excluding carboxylic acids is 1. The number of unbranched alkanes of at least 4 members (excludes halogenated alkanes) is 5. The van der Waals surface area contributed by atoms with Crippen LogP contribution in [0.3, 0.4) is 0 Å². The van der Waals surface area contributed by atoms with Gasteiger partial charge in [-0.25, -0.2) is 0 Å². The highest BCUT2D eigenvalue weighted by Crippen LogP contribution is 2.26. The molecule has 0 saturated carbocycles. The van der Waals surface area contributed by atoms with E-state index in [0.717, 1.165) is 35.3 Å². The van der Waals surface area contributed by atoms with Crippen molar-refractivity contribution in [2.75, 3.05) is 0 Å². The molecular weight excluding hydrogens is 428 g/mol. The fourth-order valence-electron chi connectivity index (χ4n) is 3.71. The zero-order chi connectivity index (χ0) is 23.5. The Morgan fingerprint density at radius 1 is 0.939 bits per heavy atom. The van der Waals surface area contributed by atoms with E-state index in [4.69, 9.17) is 0 Å². The molecule has 0 spiro atoms. The number of hydrogen-bond acceptors (Lipinski definition) is 4. The molecule has 1 amide bonds. The lowest BCUT2D eigenvalue weighted by molar-refractivity contribution is -0.121. The van der Waals surface area contributed by atoms with E-state index in [9.17, 15) is 4.79 Å². The highest BCUT2D eigenvalue weighted by Gasteiger charge is 2.16. The van der Waals surface area contributed by atoms with Gasteiger partial charge in [-0.1, -0.05) is 92.8 Å². The summed E-state index contributed by atoms with van der Waals surface area (Å²) in [6, 6.07) is 16.8. The maximum Gasteiger partial charge on any atom is 0.220 e. The number of hydrogen-bond donors (Lipinski definition) is 1.